The Morgan fingerprint density at radius 3 is 2.79 bits per heavy atom. The zero-order valence-electron chi connectivity index (χ0n) is 15.8. The van der Waals surface area contributed by atoms with Crippen molar-refractivity contribution in [2.24, 2.45) is 0 Å². The summed E-state index contributed by atoms with van der Waals surface area (Å²) < 4.78 is 12.4. The molecular weight excluding hydrogens is 358 g/mol. The summed E-state index contributed by atoms with van der Waals surface area (Å²) in [4.78, 5) is 21.8. The van der Waals surface area contributed by atoms with E-state index in [1.807, 2.05) is 42.7 Å². The van der Waals surface area contributed by atoms with Gasteiger partial charge in [-0.2, -0.15) is 4.98 Å². The van der Waals surface area contributed by atoms with E-state index in [-0.39, 0.29) is 24.4 Å². The zero-order chi connectivity index (χ0) is 19.5. The molecule has 4 rings (SSSR count). The third kappa shape index (κ3) is 3.28. The van der Waals surface area contributed by atoms with Gasteiger partial charge < -0.3 is 18.8 Å². The van der Waals surface area contributed by atoms with Crippen molar-refractivity contribution in [3.05, 3.63) is 54.3 Å². The quantitative estimate of drug-likeness (QED) is 0.527. The van der Waals surface area contributed by atoms with Crippen molar-refractivity contribution >= 4 is 16.9 Å². The number of aryl methyl sites for hydroxylation is 1. The first-order valence-corrected chi connectivity index (χ1v) is 9.31. The fraction of sp³-hybridized carbons (Fsp3) is 0.300. The molecule has 0 aliphatic carbocycles. The molecule has 3 aromatic heterocycles. The van der Waals surface area contributed by atoms with Crippen LogP contribution in [-0.2, 0) is 17.8 Å². The second-order valence-electron chi connectivity index (χ2n) is 6.38. The number of para-hydroxylation sites is 2. The Morgan fingerprint density at radius 2 is 2.04 bits per heavy atom. The van der Waals surface area contributed by atoms with Gasteiger partial charge in [0.2, 0.25) is 5.91 Å². The summed E-state index contributed by atoms with van der Waals surface area (Å²) in [5, 5.41) is 6.81. The molecule has 0 bridgehead atoms. The molecule has 0 spiro atoms. The number of carbonyl (C=O) groups is 1. The van der Waals surface area contributed by atoms with Crippen molar-refractivity contribution in [1.82, 2.24) is 25.0 Å². The summed E-state index contributed by atoms with van der Waals surface area (Å²) in [7, 11) is 0. The van der Waals surface area contributed by atoms with Crippen LogP contribution in [0, 0.1) is 0 Å². The van der Waals surface area contributed by atoms with E-state index in [9.17, 15) is 4.79 Å². The van der Waals surface area contributed by atoms with E-state index in [0.29, 0.717) is 18.0 Å². The summed E-state index contributed by atoms with van der Waals surface area (Å²) in [5.74, 6) is 1.96. The van der Waals surface area contributed by atoms with E-state index >= 15 is 0 Å². The van der Waals surface area contributed by atoms with E-state index in [1.165, 1.54) is 6.26 Å². The minimum absolute atomic E-state index is 0.107. The van der Waals surface area contributed by atoms with E-state index in [4.69, 9.17) is 8.94 Å². The van der Waals surface area contributed by atoms with Crippen molar-refractivity contribution in [3.8, 4) is 11.7 Å². The normalized spacial score (nSPS) is 12.4. The van der Waals surface area contributed by atoms with Crippen molar-refractivity contribution in [2.45, 2.75) is 39.3 Å². The Morgan fingerprint density at radius 1 is 1.18 bits per heavy atom. The van der Waals surface area contributed by atoms with Gasteiger partial charge in [0, 0.05) is 6.42 Å². The van der Waals surface area contributed by atoms with Gasteiger partial charge >= 0.3 is 0 Å². The summed E-state index contributed by atoms with van der Waals surface area (Å²) in [6, 6.07) is 11.0. The highest BCUT2D eigenvalue weighted by molar-refractivity contribution is 5.84. The van der Waals surface area contributed by atoms with Crippen LogP contribution >= 0.6 is 0 Å². The number of rotatable bonds is 7. The van der Waals surface area contributed by atoms with E-state index in [2.05, 4.69) is 20.4 Å². The molecule has 0 saturated heterocycles. The second kappa shape index (κ2) is 7.67. The Hall–Kier alpha value is -3.42. The van der Waals surface area contributed by atoms with Crippen LogP contribution in [0.4, 0.5) is 0 Å². The number of amides is 1. The molecular formula is C20H21N5O3. The predicted molar refractivity (Wildman–Crippen MR) is 102 cm³/mol. The van der Waals surface area contributed by atoms with Gasteiger partial charge in [-0.25, -0.2) is 4.98 Å². The van der Waals surface area contributed by atoms with Crippen LogP contribution < -0.4 is 5.32 Å². The van der Waals surface area contributed by atoms with Crippen LogP contribution in [0.3, 0.4) is 0 Å². The molecule has 3 heterocycles. The van der Waals surface area contributed by atoms with Gasteiger partial charge in [0.25, 0.3) is 5.89 Å². The van der Waals surface area contributed by atoms with Gasteiger partial charge in [-0.15, -0.1) is 0 Å². The molecule has 1 N–H and O–H groups in total. The van der Waals surface area contributed by atoms with Crippen molar-refractivity contribution in [1.29, 1.82) is 0 Å². The molecule has 0 aliphatic rings. The summed E-state index contributed by atoms with van der Waals surface area (Å²) >= 11 is 0. The minimum Gasteiger partial charge on any atom is -0.459 e. The fourth-order valence-electron chi connectivity index (χ4n) is 3.29. The lowest BCUT2D eigenvalue weighted by Crippen LogP contribution is -2.33. The molecule has 1 amide bonds. The molecule has 1 aromatic carbocycles. The van der Waals surface area contributed by atoms with Crippen molar-refractivity contribution in [3.63, 3.8) is 0 Å². The van der Waals surface area contributed by atoms with E-state index in [1.54, 1.807) is 12.1 Å². The smallest absolute Gasteiger partial charge is 0.293 e. The van der Waals surface area contributed by atoms with Crippen LogP contribution in [0.1, 0.15) is 38.0 Å². The lowest BCUT2D eigenvalue weighted by Gasteiger charge is -2.19. The Balaban J connectivity index is 1.52. The lowest BCUT2D eigenvalue weighted by atomic mass is 10.2. The van der Waals surface area contributed by atoms with Gasteiger partial charge in [-0.05, 0) is 30.7 Å². The molecule has 0 aliphatic heterocycles. The standard InChI is InChI=1S/C20H21N5O3/c1-3-14(25-15-9-6-5-8-13(15)22-18(25)4-2)19(26)21-12-17-23-20(28-24-17)16-10-7-11-27-16/h5-11,14H,3-4,12H2,1-2H3,(H,21,26)/t14-/m1/s1. The Kier molecular flexibility index (Phi) is 4.92. The number of nitrogens with zero attached hydrogens (tertiary/aromatic N) is 4. The number of furan rings is 1. The molecule has 0 radical (unpaired) electrons. The number of benzene rings is 1. The largest absolute Gasteiger partial charge is 0.459 e. The maximum absolute atomic E-state index is 12.9. The Bertz CT molecular complexity index is 1080. The highest BCUT2D eigenvalue weighted by Gasteiger charge is 2.24. The van der Waals surface area contributed by atoms with E-state index < -0.39 is 0 Å². The molecule has 8 heteroatoms. The number of aromatic nitrogens is 4. The van der Waals surface area contributed by atoms with E-state index in [0.717, 1.165) is 23.3 Å². The number of imidazole rings is 1. The second-order valence-corrected chi connectivity index (χ2v) is 6.38. The minimum atomic E-state index is -0.362. The van der Waals surface area contributed by atoms with Crippen LogP contribution in [0.25, 0.3) is 22.7 Å². The maximum atomic E-state index is 12.9. The highest BCUT2D eigenvalue weighted by atomic mass is 16.5. The van der Waals surface area contributed by atoms with Gasteiger partial charge in [0.05, 0.1) is 23.8 Å². The van der Waals surface area contributed by atoms with Crippen LogP contribution in [0.15, 0.2) is 51.6 Å². The number of fused-ring (bicyclic) bond motifs is 1. The first-order chi connectivity index (χ1) is 13.7. The monoisotopic (exact) mass is 379 g/mol. The molecule has 0 unspecified atom stereocenters. The number of nitrogens with one attached hydrogen (secondary N) is 1. The summed E-state index contributed by atoms with van der Waals surface area (Å²) in [6.07, 6.45) is 2.92. The van der Waals surface area contributed by atoms with Crippen molar-refractivity contribution < 1.29 is 13.7 Å². The first kappa shape index (κ1) is 18.0. The number of carbonyl (C=O) groups excluding carboxylic acids is 1. The van der Waals surface area contributed by atoms with Crippen LogP contribution in [0.5, 0.6) is 0 Å². The molecule has 1 atom stereocenters. The average Bonchev–Trinajstić information content (AvgIpc) is 3.46. The number of hydrogen-bond acceptors (Lipinski definition) is 6. The number of hydrogen-bond donors (Lipinski definition) is 1. The third-order valence-corrected chi connectivity index (χ3v) is 4.61. The lowest BCUT2D eigenvalue weighted by molar-refractivity contribution is -0.124. The fourth-order valence-corrected chi connectivity index (χ4v) is 3.29. The van der Waals surface area contributed by atoms with Gasteiger partial charge in [-0.3, -0.25) is 4.79 Å². The molecule has 8 nitrogen and oxygen atoms in total. The molecule has 28 heavy (non-hydrogen) atoms. The maximum Gasteiger partial charge on any atom is 0.293 e. The SMILES string of the molecule is CCc1nc2ccccc2n1[C@H](CC)C(=O)NCc1noc(-c2ccco2)n1. The third-order valence-electron chi connectivity index (χ3n) is 4.61. The summed E-state index contributed by atoms with van der Waals surface area (Å²) in [5.41, 5.74) is 1.85. The molecule has 0 saturated carbocycles. The molecule has 0 fully saturated rings. The highest BCUT2D eigenvalue weighted by Crippen LogP contribution is 2.24. The van der Waals surface area contributed by atoms with Gasteiger partial charge in [0.15, 0.2) is 11.6 Å². The first-order valence-electron chi connectivity index (χ1n) is 9.31. The average molecular weight is 379 g/mol. The Labute approximate surface area is 161 Å². The summed E-state index contributed by atoms with van der Waals surface area (Å²) in [6.45, 7) is 4.20. The van der Waals surface area contributed by atoms with Gasteiger partial charge in [0.1, 0.15) is 11.9 Å². The van der Waals surface area contributed by atoms with Crippen LogP contribution in [0.2, 0.25) is 0 Å². The topological polar surface area (TPSA) is 99.0 Å². The zero-order valence-corrected chi connectivity index (χ0v) is 15.8. The molecule has 4 aromatic rings. The predicted octanol–water partition coefficient (Wildman–Crippen LogP) is 3.51. The van der Waals surface area contributed by atoms with Crippen LogP contribution in [-0.4, -0.2) is 25.6 Å². The molecule has 144 valence electrons. The van der Waals surface area contributed by atoms with Crippen molar-refractivity contribution in [2.75, 3.05) is 0 Å². The van der Waals surface area contributed by atoms with Gasteiger partial charge in [-0.1, -0.05) is 31.1 Å².